The molecule has 13 heavy (non-hydrogen) atoms. The van der Waals surface area contributed by atoms with Crippen molar-refractivity contribution >= 4 is 5.97 Å². The molecule has 0 amide bonds. The van der Waals surface area contributed by atoms with Gasteiger partial charge in [0.25, 0.3) is 0 Å². The maximum Gasteiger partial charge on any atom is 0.307 e. The van der Waals surface area contributed by atoms with E-state index in [1.807, 2.05) is 0 Å². The largest absolute Gasteiger partial charge is 0.481 e. The Morgan fingerprint density at radius 3 is 2.62 bits per heavy atom. The summed E-state index contributed by atoms with van der Waals surface area (Å²) in [4.78, 5) is 10.7. The van der Waals surface area contributed by atoms with Crippen LogP contribution in [-0.2, 0) is 4.79 Å². The van der Waals surface area contributed by atoms with Crippen LogP contribution in [0.25, 0.3) is 0 Å². The van der Waals surface area contributed by atoms with Crippen LogP contribution >= 0.6 is 0 Å². The zero-order valence-corrected chi connectivity index (χ0v) is 8.20. The van der Waals surface area contributed by atoms with E-state index in [1.165, 1.54) is 19.3 Å². The third-order valence-corrected chi connectivity index (χ3v) is 2.75. The monoisotopic (exact) mass is 185 g/mol. The van der Waals surface area contributed by atoms with Gasteiger partial charge in [0.1, 0.15) is 0 Å². The number of hydrogen-bond donors (Lipinski definition) is 2. The summed E-state index contributed by atoms with van der Waals surface area (Å²) >= 11 is 0. The van der Waals surface area contributed by atoms with Crippen LogP contribution < -0.4 is 5.73 Å². The van der Waals surface area contributed by atoms with Crippen LogP contribution in [-0.4, -0.2) is 17.6 Å². The minimum Gasteiger partial charge on any atom is -0.481 e. The average molecular weight is 185 g/mol. The first-order chi connectivity index (χ1) is 6.13. The summed E-state index contributed by atoms with van der Waals surface area (Å²) in [5.74, 6) is 0.304. The van der Waals surface area contributed by atoms with Gasteiger partial charge in [-0.1, -0.05) is 19.8 Å². The number of hydrogen-bond acceptors (Lipinski definition) is 2. The highest BCUT2D eigenvalue weighted by molar-refractivity contribution is 5.70. The van der Waals surface area contributed by atoms with Crippen molar-refractivity contribution in [2.24, 2.45) is 23.5 Å². The number of aliphatic carboxylic acids is 1. The van der Waals surface area contributed by atoms with Gasteiger partial charge < -0.3 is 10.8 Å². The Labute approximate surface area is 79.3 Å². The van der Waals surface area contributed by atoms with Gasteiger partial charge >= 0.3 is 5.97 Å². The van der Waals surface area contributed by atoms with E-state index in [1.54, 1.807) is 0 Å². The SMILES string of the molecule is C[C@H](CC1CC1)C[C@H](CN)C(=O)O. The fraction of sp³-hybridized carbons (Fsp3) is 0.900. The molecule has 76 valence electrons. The van der Waals surface area contributed by atoms with Crippen LogP contribution in [0.5, 0.6) is 0 Å². The van der Waals surface area contributed by atoms with Crippen molar-refractivity contribution in [3.63, 3.8) is 0 Å². The highest BCUT2D eigenvalue weighted by Gasteiger charge is 2.26. The van der Waals surface area contributed by atoms with Crippen molar-refractivity contribution in [1.29, 1.82) is 0 Å². The molecule has 3 nitrogen and oxygen atoms in total. The van der Waals surface area contributed by atoms with E-state index in [0.29, 0.717) is 5.92 Å². The van der Waals surface area contributed by atoms with Crippen molar-refractivity contribution in [2.75, 3.05) is 6.54 Å². The predicted molar refractivity (Wildman–Crippen MR) is 51.3 cm³/mol. The fourth-order valence-electron chi connectivity index (χ4n) is 1.80. The molecular formula is C10H19NO2. The Bertz CT molecular complexity index is 178. The van der Waals surface area contributed by atoms with Crippen LogP contribution in [0.1, 0.15) is 32.6 Å². The first-order valence-corrected chi connectivity index (χ1v) is 5.06. The molecule has 0 aromatic heterocycles. The normalized spacial score (nSPS) is 21.1. The van der Waals surface area contributed by atoms with Gasteiger partial charge in [0, 0.05) is 6.54 Å². The van der Waals surface area contributed by atoms with Crippen LogP contribution in [0.4, 0.5) is 0 Å². The molecule has 1 aliphatic rings. The molecule has 1 saturated carbocycles. The summed E-state index contributed by atoms with van der Waals surface area (Å²) in [7, 11) is 0. The fourth-order valence-corrected chi connectivity index (χ4v) is 1.80. The van der Waals surface area contributed by atoms with Crippen LogP contribution in [0.15, 0.2) is 0 Å². The minimum absolute atomic E-state index is 0.268. The summed E-state index contributed by atoms with van der Waals surface area (Å²) in [6.45, 7) is 2.40. The minimum atomic E-state index is -0.745. The quantitative estimate of drug-likeness (QED) is 0.658. The summed E-state index contributed by atoms with van der Waals surface area (Å²) in [5.41, 5.74) is 5.39. The molecule has 3 heteroatoms. The number of carboxylic acid groups (broad SMARTS) is 1. The van der Waals surface area contributed by atoms with Crippen molar-refractivity contribution in [3.05, 3.63) is 0 Å². The van der Waals surface area contributed by atoms with E-state index in [0.717, 1.165) is 12.3 Å². The van der Waals surface area contributed by atoms with Crippen LogP contribution in [0.2, 0.25) is 0 Å². The first-order valence-electron chi connectivity index (χ1n) is 5.06. The maximum absolute atomic E-state index is 10.7. The number of rotatable bonds is 6. The maximum atomic E-state index is 10.7. The number of carbonyl (C=O) groups is 1. The lowest BCUT2D eigenvalue weighted by Gasteiger charge is -2.15. The summed E-state index contributed by atoms with van der Waals surface area (Å²) in [6.07, 6.45) is 4.60. The Kier molecular flexibility index (Phi) is 3.72. The number of carboxylic acids is 1. The molecule has 0 heterocycles. The molecule has 0 aromatic carbocycles. The van der Waals surface area contributed by atoms with E-state index < -0.39 is 5.97 Å². The Balaban J connectivity index is 2.22. The summed E-state index contributed by atoms with van der Waals surface area (Å²) in [5, 5.41) is 8.79. The molecule has 1 fully saturated rings. The molecule has 2 atom stereocenters. The van der Waals surface area contributed by atoms with Crippen molar-refractivity contribution in [1.82, 2.24) is 0 Å². The second-order valence-electron chi connectivity index (χ2n) is 4.29. The molecule has 0 saturated heterocycles. The lowest BCUT2D eigenvalue weighted by atomic mass is 9.92. The molecular weight excluding hydrogens is 166 g/mol. The standard InChI is InChI=1S/C10H19NO2/c1-7(4-8-2-3-8)5-9(6-11)10(12)13/h7-9H,2-6,11H2,1H3,(H,12,13)/t7-,9-/m1/s1. The molecule has 0 radical (unpaired) electrons. The molecule has 1 aliphatic carbocycles. The highest BCUT2D eigenvalue weighted by Crippen LogP contribution is 2.36. The van der Waals surface area contributed by atoms with Crippen LogP contribution in [0.3, 0.4) is 0 Å². The van der Waals surface area contributed by atoms with Crippen LogP contribution in [0, 0.1) is 17.8 Å². The zero-order valence-electron chi connectivity index (χ0n) is 8.20. The Morgan fingerprint density at radius 2 is 2.23 bits per heavy atom. The van der Waals surface area contributed by atoms with Gasteiger partial charge in [-0.05, 0) is 24.7 Å². The van der Waals surface area contributed by atoms with Crippen molar-refractivity contribution in [3.8, 4) is 0 Å². The topological polar surface area (TPSA) is 63.3 Å². The van der Waals surface area contributed by atoms with Gasteiger partial charge in [-0.15, -0.1) is 0 Å². The Morgan fingerprint density at radius 1 is 1.62 bits per heavy atom. The van der Waals surface area contributed by atoms with E-state index in [4.69, 9.17) is 10.8 Å². The van der Waals surface area contributed by atoms with Gasteiger partial charge in [0.05, 0.1) is 5.92 Å². The molecule has 0 spiro atoms. The van der Waals surface area contributed by atoms with Crippen molar-refractivity contribution in [2.45, 2.75) is 32.6 Å². The van der Waals surface area contributed by atoms with Gasteiger partial charge in [-0.25, -0.2) is 0 Å². The highest BCUT2D eigenvalue weighted by atomic mass is 16.4. The average Bonchev–Trinajstić information content (AvgIpc) is 2.83. The molecule has 0 unspecified atom stereocenters. The molecule has 1 rings (SSSR count). The third-order valence-electron chi connectivity index (χ3n) is 2.75. The summed E-state index contributed by atoms with van der Waals surface area (Å²) < 4.78 is 0. The zero-order chi connectivity index (χ0) is 9.84. The molecule has 3 N–H and O–H groups in total. The lowest BCUT2D eigenvalue weighted by Crippen LogP contribution is -2.25. The summed E-state index contributed by atoms with van der Waals surface area (Å²) in [6, 6.07) is 0. The second-order valence-corrected chi connectivity index (χ2v) is 4.29. The van der Waals surface area contributed by atoms with E-state index in [9.17, 15) is 4.79 Å². The van der Waals surface area contributed by atoms with Gasteiger partial charge in [0.15, 0.2) is 0 Å². The van der Waals surface area contributed by atoms with E-state index >= 15 is 0 Å². The van der Waals surface area contributed by atoms with Crippen molar-refractivity contribution < 1.29 is 9.90 Å². The molecule has 0 aliphatic heterocycles. The predicted octanol–water partition coefficient (Wildman–Crippen LogP) is 1.47. The first kappa shape index (κ1) is 10.5. The molecule has 0 bridgehead atoms. The Hall–Kier alpha value is -0.570. The van der Waals surface area contributed by atoms with E-state index in [-0.39, 0.29) is 12.5 Å². The number of nitrogens with two attached hydrogens (primary N) is 1. The van der Waals surface area contributed by atoms with Gasteiger partial charge in [-0.3, -0.25) is 4.79 Å². The van der Waals surface area contributed by atoms with Gasteiger partial charge in [-0.2, -0.15) is 0 Å². The smallest absolute Gasteiger partial charge is 0.307 e. The molecule has 0 aromatic rings. The van der Waals surface area contributed by atoms with Gasteiger partial charge in [0.2, 0.25) is 0 Å². The third kappa shape index (κ3) is 3.77. The second kappa shape index (κ2) is 4.61. The van der Waals surface area contributed by atoms with E-state index in [2.05, 4.69) is 6.92 Å². The lowest BCUT2D eigenvalue weighted by molar-refractivity contribution is -0.141.